The van der Waals surface area contributed by atoms with Gasteiger partial charge in [-0.25, -0.2) is 0 Å². The Morgan fingerprint density at radius 3 is 2.27 bits per heavy atom. The summed E-state index contributed by atoms with van der Waals surface area (Å²) < 4.78 is 11.6. The molecule has 2 heterocycles. The maximum absolute atomic E-state index is 13.0. The summed E-state index contributed by atoms with van der Waals surface area (Å²) in [7, 11) is 0. The lowest BCUT2D eigenvalue weighted by molar-refractivity contribution is -0.185. The molecular formula is C21H22ClNO3. The molecule has 4 nitrogen and oxygen atoms in total. The molecule has 5 heteroatoms. The van der Waals surface area contributed by atoms with Crippen molar-refractivity contribution in [2.75, 3.05) is 26.3 Å². The molecule has 0 radical (unpaired) electrons. The van der Waals surface area contributed by atoms with Gasteiger partial charge < -0.3 is 9.47 Å². The summed E-state index contributed by atoms with van der Waals surface area (Å²) in [5.41, 5.74) is 2.29. The molecule has 0 aromatic heterocycles. The van der Waals surface area contributed by atoms with Crippen molar-refractivity contribution in [2.24, 2.45) is 0 Å². The summed E-state index contributed by atoms with van der Waals surface area (Å²) in [5.74, 6) is -0.397. The molecule has 2 fully saturated rings. The van der Waals surface area contributed by atoms with E-state index in [1.165, 1.54) is 0 Å². The Morgan fingerprint density at radius 1 is 0.962 bits per heavy atom. The van der Waals surface area contributed by atoms with Gasteiger partial charge in [0.1, 0.15) is 0 Å². The van der Waals surface area contributed by atoms with E-state index >= 15 is 0 Å². The monoisotopic (exact) mass is 371 g/mol. The molecule has 2 aromatic carbocycles. The Hall–Kier alpha value is -1.72. The number of likely N-dealkylation sites (tertiary alicyclic amines) is 1. The number of hydrogen-bond donors (Lipinski definition) is 0. The zero-order valence-electron chi connectivity index (χ0n) is 14.6. The first-order valence-corrected chi connectivity index (χ1v) is 9.42. The van der Waals surface area contributed by atoms with Crippen molar-refractivity contribution in [1.29, 1.82) is 0 Å². The van der Waals surface area contributed by atoms with Crippen LogP contribution in [-0.4, -0.2) is 42.8 Å². The lowest BCUT2D eigenvalue weighted by atomic mass is 9.97. The van der Waals surface area contributed by atoms with Crippen molar-refractivity contribution in [3.05, 3.63) is 70.2 Å². The second-order valence-corrected chi connectivity index (χ2v) is 7.26. The first-order valence-electron chi connectivity index (χ1n) is 9.04. The zero-order chi connectivity index (χ0) is 18.0. The Bertz CT molecular complexity index is 791. The van der Waals surface area contributed by atoms with E-state index in [1.807, 2.05) is 36.4 Å². The number of benzene rings is 2. The van der Waals surface area contributed by atoms with Gasteiger partial charge in [-0.1, -0.05) is 48.0 Å². The third kappa shape index (κ3) is 3.55. The van der Waals surface area contributed by atoms with Crippen LogP contribution in [0.4, 0.5) is 0 Å². The SMILES string of the molecule is O=C(c1ccccc1Cl)c1ccccc1CN1CCC2(CC1)OCCO2. The van der Waals surface area contributed by atoms with Gasteiger partial charge in [0.15, 0.2) is 11.6 Å². The molecule has 0 amide bonds. The normalized spacial score (nSPS) is 19.7. The highest BCUT2D eigenvalue weighted by molar-refractivity contribution is 6.35. The van der Waals surface area contributed by atoms with Crippen LogP contribution in [0.2, 0.25) is 5.02 Å². The lowest BCUT2D eigenvalue weighted by Crippen LogP contribution is -2.44. The minimum atomic E-state index is -0.372. The molecule has 2 aliphatic heterocycles. The molecule has 0 saturated carbocycles. The molecule has 0 N–H and O–H groups in total. The summed E-state index contributed by atoms with van der Waals surface area (Å²) >= 11 is 6.22. The van der Waals surface area contributed by atoms with Crippen molar-refractivity contribution in [1.82, 2.24) is 4.90 Å². The van der Waals surface area contributed by atoms with Crippen LogP contribution in [0.25, 0.3) is 0 Å². The number of piperidine rings is 1. The molecule has 4 rings (SSSR count). The van der Waals surface area contributed by atoms with Gasteiger partial charge in [0.2, 0.25) is 0 Å². The number of rotatable bonds is 4. The van der Waals surface area contributed by atoms with E-state index in [2.05, 4.69) is 4.90 Å². The number of ether oxygens (including phenoxy) is 2. The third-order valence-corrected chi connectivity index (χ3v) is 5.54. The summed E-state index contributed by atoms with van der Waals surface area (Å²) in [4.78, 5) is 15.3. The quantitative estimate of drug-likeness (QED) is 0.764. The van der Waals surface area contributed by atoms with Crippen LogP contribution in [0.1, 0.15) is 34.3 Å². The van der Waals surface area contributed by atoms with Gasteiger partial charge in [0, 0.05) is 43.6 Å². The van der Waals surface area contributed by atoms with Crippen LogP contribution in [-0.2, 0) is 16.0 Å². The maximum atomic E-state index is 13.0. The third-order valence-electron chi connectivity index (χ3n) is 5.21. The largest absolute Gasteiger partial charge is 0.347 e. The van der Waals surface area contributed by atoms with Gasteiger partial charge in [-0.05, 0) is 17.7 Å². The van der Waals surface area contributed by atoms with Crippen LogP contribution in [0.5, 0.6) is 0 Å². The highest BCUT2D eigenvalue weighted by atomic mass is 35.5. The van der Waals surface area contributed by atoms with E-state index < -0.39 is 0 Å². The molecule has 2 aromatic rings. The van der Waals surface area contributed by atoms with Crippen LogP contribution < -0.4 is 0 Å². The van der Waals surface area contributed by atoms with Gasteiger partial charge in [-0.3, -0.25) is 9.69 Å². The molecule has 0 bridgehead atoms. The second-order valence-electron chi connectivity index (χ2n) is 6.85. The van der Waals surface area contributed by atoms with Crippen molar-refractivity contribution >= 4 is 17.4 Å². The molecular weight excluding hydrogens is 350 g/mol. The van der Waals surface area contributed by atoms with Crippen molar-refractivity contribution in [2.45, 2.75) is 25.2 Å². The zero-order valence-corrected chi connectivity index (χ0v) is 15.4. The highest BCUT2D eigenvalue weighted by Crippen LogP contribution is 2.32. The van der Waals surface area contributed by atoms with E-state index in [0.717, 1.165) is 38.0 Å². The Morgan fingerprint density at radius 2 is 1.58 bits per heavy atom. The average Bonchev–Trinajstić information content (AvgIpc) is 3.12. The van der Waals surface area contributed by atoms with Gasteiger partial charge in [0.05, 0.1) is 18.2 Å². The molecule has 136 valence electrons. The summed E-state index contributed by atoms with van der Waals surface area (Å²) in [6, 6.07) is 15.0. The van der Waals surface area contributed by atoms with Crippen LogP contribution >= 0.6 is 11.6 Å². The van der Waals surface area contributed by atoms with E-state index in [0.29, 0.717) is 29.4 Å². The highest BCUT2D eigenvalue weighted by Gasteiger charge is 2.39. The fourth-order valence-corrected chi connectivity index (χ4v) is 3.97. The number of carbonyl (C=O) groups excluding carboxylic acids is 1. The number of ketones is 1. The molecule has 0 atom stereocenters. The van der Waals surface area contributed by atoms with E-state index in [1.54, 1.807) is 12.1 Å². The number of carbonyl (C=O) groups is 1. The van der Waals surface area contributed by atoms with Gasteiger partial charge in [-0.15, -0.1) is 0 Å². The Labute approximate surface area is 158 Å². The smallest absolute Gasteiger partial charge is 0.194 e. The Balaban J connectivity index is 1.50. The van der Waals surface area contributed by atoms with Gasteiger partial charge >= 0.3 is 0 Å². The summed E-state index contributed by atoms with van der Waals surface area (Å²) in [5, 5.41) is 0.489. The molecule has 1 spiro atoms. The van der Waals surface area contributed by atoms with Crippen LogP contribution in [0.15, 0.2) is 48.5 Å². The van der Waals surface area contributed by atoms with E-state index in [4.69, 9.17) is 21.1 Å². The topological polar surface area (TPSA) is 38.8 Å². The maximum Gasteiger partial charge on any atom is 0.194 e. The molecule has 0 aliphatic carbocycles. The standard InChI is InChI=1S/C21H22ClNO3/c22-19-8-4-3-7-18(19)20(24)17-6-2-1-5-16(17)15-23-11-9-21(10-12-23)25-13-14-26-21/h1-8H,9-15H2. The molecule has 2 saturated heterocycles. The fraction of sp³-hybridized carbons (Fsp3) is 0.381. The minimum Gasteiger partial charge on any atom is -0.347 e. The number of nitrogens with zero attached hydrogens (tertiary/aromatic N) is 1. The van der Waals surface area contributed by atoms with E-state index in [9.17, 15) is 4.79 Å². The molecule has 2 aliphatic rings. The van der Waals surface area contributed by atoms with Crippen LogP contribution in [0.3, 0.4) is 0 Å². The predicted octanol–water partition coefficient (Wildman–Crippen LogP) is 3.91. The van der Waals surface area contributed by atoms with Gasteiger partial charge in [-0.2, -0.15) is 0 Å². The molecule has 0 unspecified atom stereocenters. The minimum absolute atomic E-state index is 0.0258. The fourth-order valence-electron chi connectivity index (χ4n) is 3.75. The van der Waals surface area contributed by atoms with Crippen molar-refractivity contribution < 1.29 is 14.3 Å². The first kappa shape index (κ1) is 17.7. The summed E-state index contributed by atoms with van der Waals surface area (Å²) in [6.45, 7) is 3.91. The van der Waals surface area contributed by atoms with Crippen LogP contribution in [0, 0.1) is 0 Å². The second kappa shape index (κ2) is 7.49. The number of halogens is 1. The average molecular weight is 372 g/mol. The predicted molar refractivity (Wildman–Crippen MR) is 100 cm³/mol. The lowest BCUT2D eigenvalue weighted by Gasteiger charge is -2.37. The van der Waals surface area contributed by atoms with Gasteiger partial charge in [0.25, 0.3) is 0 Å². The summed E-state index contributed by atoms with van der Waals surface area (Å²) in [6.07, 6.45) is 1.74. The number of hydrogen-bond acceptors (Lipinski definition) is 4. The first-order chi connectivity index (χ1) is 12.7. The van der Waals surface area contributed by atoms with E-state index in [-0.39, 0.29) is 11.6 Å². The molecule has 26 heavy (non-hydrogen) atoms. The Kier molecular flexibility index (Phi) is 5.09. The van der Waals surface area contributed by atoms with Crippen molar-refractivity contribution in [3.63, 3.8) is 0 Å². The van der Waals surface area contributed by atoms with Crippen molar-refractivity contribution in [3.8, 4) is 0 Å².